The first kappa shape index (κ1) is 26.3. The molecule has 188 valence electrons. The van der Waals surface area contributed by atoms with E-state index in [1.54, 1.807) is 36.4 Å². The van der Waals surface area contributed by atoms with E-state index in [1.807, 2.05) is 6.07 Å². The zero-order chi connectivity index (χ0) is 26.5. The normalized spacial score (nSPS) is 11.6. The summed E-state index contributed by atoms with van der Waals surface area (Å²) in [6, 6.07) is 18.2. The number of halogens is 2. The minimum atomic E-state index is -1.20. The summed E-state index contributed by atoms with van der Waals surface area (Å²) in [6.45, 7) is -0.0613. The zero-order valence-electron chi connectivity index (χ0n) is 19.1. The van der Waals surface area contributed by atoms with E-state index >= 15 is 0 Å². The number of rotatable bonds is 9. The third-order valence-electron chi connectivity index (χ3n) is 5.54. The summed E-state index contributed by atoms with van der Waals surface area (Å²) >= 11 is 13.5. The molecule has 0 aliphatic carbocycles. The standard InChI is InChI=1S/C26H19Cl2N3O5S/c27-18-9-10-21(22(28)13-18)25(32)30(23(26(33)34)11-16-5-2-1-3-6-16)15-20-14-29-24(37-20)17-7-4-8-19(12-17)31(35)36/h1-10,12-14,23H,11,15H2,(H,33,34)/t23-/m0/s1. The van der Waals surface area contributed by atoms with Crippen molar-refractivity contribution in [1.82, 2.24) is 9.88 Å². The van der Waals surface area contributed by atoms with Crippen molar-refractivity contribution in [2.45, 2.75) is 19.0 Å². The lowest BCUT2D eigenvalue weighted by atomic mass is 10.0. The zero-order valence-corrected chi connectivity index (χ0v) is 21.4. The number of nitro benzene ring substituents is 1. The molecule has 0 spiro atoms. The molecule has 4 rings (SSSR count). The number of nitrogens with zero attached hydrogens (tertiary/aromatic N) is 3. The maximum atomic E-state index is 13.7. The molecule has 8 nitrogen and oxygen atoms in total. The first-order valence-corrected chi connectivity index (χ1v) is 12.5. The molecule has 11 heteroatoms. The summed E-state index contributed by atoms with van der Waals surface area (Å²) in [4.78, 5) is 42.9. The van der Waals surface area contributed by atoms with Crippen LogP contribution in [0.15, 0.2) is 79.0 Å². The van der Waals surface area contributed by atoms with Crippen molar-refractivity contribution in [3.8, 4) is 10.6 Å². The van der Waals surface area contributed by atoms with Gasteiger partial charge in [0.05, 0.1) is 22.1 Å². The Bertz CT molecular complexity index is 1460. The van der Waals surface area contributed by atoms with E-state index in [0.717, 1.165) is 5.56 Å². The second-order valence-electron chi connectivity index (χ2n) is 8.04. The largest absolute Gasteiger partial charge is 0.480 e. The van der Waals surface area contributed by atoms with Crippen molar-refractivity contribution in [3.63, 3.8) is 0 Å². The van der Waals surface area contributed by atoms with Gasteiger partial charge in [-0.15, -0.1) is 11.3 Å². The van der Waals surface area contributed by atoms with Crippen LogP contribution in [0.1, 0.15) is 20.8 Å². The van der Waals surface area contributed by atoms with Gasteiger partial charge in [0.15, 0.2) is 0 Å². The molecule has 0 aliphatic heterocycles. The molecule has 0 aliphatic rings. The Morgan fingerprint density at radius 3 is 2.49 bits per heavy atom. The Balaban J connectivity index is 1.70. The summed E-state index contributed by atoms with van der Waals surface area (Å²) in [7, 11) is 0. The minimum Gasteiger partial charge on any atom is -0.480 e. The Labute approximate surface area is 225 Å². The molecule has 1 heterocycles. The molecule has 0 fully saturated rings. The van der Waals surface area contributed by atoms with Crippen LogP contribution in [0, 0.1) is 10.1 Å². The Morgan fingerprint density at radius 1 is 1.05 bits per heavy atom. The first-order valence-electron chi connectivity index (χ1n) is 10.9. The van der Waals surface area contributed by atoms with Crippen LogP contribution in [-0.2, 0) is 17.8 Å². The van der Waals surface area contributed by atoms with Gasteiger partial charge >= 0.3 is 5.97 Å². The van der Waals surface area contributed by atoms with E-state index in [2.05, 4.69) is 4.98 Å². The van der Waals surface area contributed by atoms with Gasteiger partial charge in [-0.25, -0.2) is 9.78 Å². The third-order valence-corrected chi connectivity index (χ3v) is 7.12. The fourth-order valence-electron chi connectivity index (χ4n) is 3.74. The van der Waals surface area contributed by atoms with E-state index in [0.29, 0.717) is 20.5 Å². The van der Waals surface area contributed by atoms with Crippen LogP contribution in [0.3, 0.4) is 0 Å². The SMILES string of the molecule is O=C(O)[C@H](Cc1ccccc1)N(Cc1cnc(-c2cccc([N+](=O)[O-])c2)s1)C(=O)c1ccc(Cl)cc1Cl. The molecule has 0 bridgehead atoms. The number of carboxylic acid groups (broad SMARTS) is 1. The summed E-state index contributed by atoms with van der Waals surface area (Å²) in [5.41, 5.74) is 1.34. The van der Waals surface area contributed by atoms with Gasteiger partial charge in [0.1, 0.15) is 11.0 Å². The molecule has 0 radical (unpaired) electrons. The molecule has 1 atom stereocenters. The molecule has 1 amide bonds. The fraction of sp³-hybridized carbons (Fsp3) is 0.115. The van der Waals surface area contributed by atoms with E-state index < -0.39 is 22.8 Å². The van der Waals surface area contributed by atoms with Gasteiger partial charge in [-0.1, -0.05) is 65.7 Å². The lowest BCUT2D eigenvalue weighted by Crippen LogP contribution is -2.46. The predicted molar refractivity (Wildman–Crippen MR) is 142 cm³/mol. The monoisotopic (exact) mass is 555 g/mol. The molecule has 0 unspecified atom stereocenters. The van der Waals surface area contributed by atoms with Gasteiger partial charge < -0.3 is 10.0 Å². The van der Waals surface area contributed by atoms with Gasteiger partial charge in [0.25, 0.3) is 11.6 Å². The lowest BCUT2D eigenvalue weighted by molar-refractivity contribution is -0.384. The van der Waals surface area contributed by atoms with Crippen LogP contribution >= 0.6 is 34.5 Å². The number of benzene rings is 3. The van der Waals surface area contributed by atoms with Gasteiger partial charge in [-0.2, -0.15) is 0 Å². The van der Waals surface area contributed by atoms with Gasteiger partial charge in [0, 0.05) is 40.2 Å². The Hall–Kier alpha value is -3.79. The van der Waals surface area contributed by atoms with Crippen LogP contribution in [0.2, 0.25) is 10.0 Å². The van der Waals surface area contributed by atoms with Crippen LogP contribution in [-0.4, -0.2) is 37.8 Å². The minimum absolute atomic E-state index is 0.0613. The van der Waals surface area contributed by atoms with Gasteiger partial charge in [-0.3, -0.25) is 14.9 Å². The molecule has 1 aromatic heterocycles. The molecule has 3 aromatic carbocycles. The second-order valence-corrected chi connectivity index (χ2v) is 10.00. The van der Waals surface area contributed by atoms with Crippen LogP contribution in [0.4, 0.5) is 5.69 Å². The second kappa shape index (κ2) is 11.5. The molecular formula is C26H19Cl2N3O5S. The van der Waals surface area contributed by atoms with Gasteiger partial charge in [-0.05, 0) is 23.8 Å². The number of amides is 1. The number of nitro groups is 1. The average Bonchev–Trinajstić information content (AvgIpc) is 3.35. The van der Waals surface area contributed by atoms with E-state index in [9.17, 15) is 24.8 Å². The summed E-state index contributed by atoms with van der Waals surface area (Å²) in [5, 5.41) is 22.2. The van der Waals surface area contributed by atoms with E-state index in [1.165, 1.54) is 52.8 Å². The topological polar surface area (TPSA) is 114 Å². The number of aromatic nitrogens is 1. The molecule has 0 saturated heterocycles. The summed E-state index contributed by atoms with van der Waals surface area (Å²) in [6.07, 6.45) is 1.60. The molecule has 37 heavy (non-hydrogen) atoms. The van der Waals surface area contributed by atoms with Crippen molar-refractivity contribution in [2.24, 2.45) is 0 Å². The van der Waals surface area contributed by atoms with Crippen LogP contribution in [0.25, 0.3) is 10.6 Å². The molecule has 1 N–H and O–H groups in total. The Kier molecular flexibility index (Phi) is 8.17. The maximum Gasteiger partial charge on any atom is 0.326 e. The van der Waals surface area contributed by atoms with Crippen molar-refractivity contribution in [2.75, 3.05) is 0 Å². The van der Waals surface area contributed by atoms with Crippen molar-refractivity contribution < 1.29 is 19.6 Å². The maximum absolute atomic E-state index is 13.7. The highest BCUT2D eigenvalue weighted by molar-refractivity contribution is 7.15. The number of hydrogen-bond acceptors (Lipinski definition) is 6. The fourth-order valence-corrected chi connectivity index (χ4v) is 5.14. The quantitative estimate of drug-likeness (QED) is 0.190. The highest BCUT2D eigenvalue weighted by atomic mass is 35.5. The van der Waals surface area contributed by atoms with E-state index in [-0.39, 0.29) is 29.2 Å². The van der Waals surface area contributed by atoms with E-state index in [4.69, 9.17) is 23.2 Å². The summed E-state index contributed by atoms with van der Waals surface area (Å²) < 4.78 is 0. The number of non-ortho nitro benzene ring substituents is 1. The lowest BCUT2D eigenvalue weighted by Gasteiger charge is -2.29. The number of hydrogen-bond donors (Lipinski definition) is 1. The molecule has 4 aromatic rings. The van der Waals surface area contributed by atoms with Crippen LogP contribution < -0.4 is 0 Å². The van der Waals surface area contributed by atoms with Crippen molar-refractivity contribution in [1.29, 1.82) is 0 Å². The molecule has 0 saturated carbocycles. The average molecular weight is 556 g/mol. The Morgan fingerprint density at radius 2 is 1.81 bits per heavy atom. The first-order chi connectivity index (χ1) is 17.7. The number of carboxylic acids is 1. The summed E-state index contributed by atoms with van der Waals surface area (Å²) in [5.74, 6) is -1.75. The molecular weight excluding hydrogens is 537 g/mol. The van der Waals surface area contributed by atoms with Crippen LogP contribution in [0.5, 0.6) is 0 Å². The highest BCUT2D eigenvalue weighted by Crippen LogP contribution is 2.30. The number of carbonyl (C=O) groups is 2. The number of thiazole rings is 1. The number of aliphatic carboxylic acids is 1. The number of carbonyl (C=O) groups excluding carboxylic acids is 1. The van der Waals surface area contributed by atoms with Crippen molar-refractivity contribution in [3.05, 3.63) is 115 Å². The third kappa shape index (κ3) is 6.32. The predicted octanol–water partition coefficient (Wildman–Crippen LogP) is 6.36. The smallest absolute Gasteiger partial charge is 0.326 e. The highest BCUT2D eigenvalue weighted by Gasteiger charge is 2.32. The van der Waals surface area contributed by atoms with Crippen molar-refractivity contribution >= 4 is 52.1 Å². The van der Waals surface area contributed by atoms with Gasteiger partial charge in [0.2, 0.25) is 0 Å².